The molecule has 0 aliphatic carbocycles. The summed E-state index contributed by atoms with van der Waals surface area (Å²) < 4.78 is 2.14. The van der Waals surface area contributed by atoms with Crippen LogP contribution in [0.5, 0.6) is 0 Å². The molecule has 0 aromatic carbocycles. The molecule has 1 unspecified atom stereocenters. The van der Waals surface area contributed by atoms with E-state index in [2.05, 4.69) is 16.7 Å². The van der Waals surface area contributed by atoms with Gasteiger partial charge in [0.15, 0.2) is 12.1 Å². The van der Waals surface area contributed by atoms with Crippen molar-refractivity contribution in [3.8, 4) is 0 Å². The van der Waals surface area contributed by atoms with Gasteiger partial charge in [-0.2, -0.15) is 4.57 Å². The highest BCUT2D eigenvalue weighted by molar-refractivity contribution is 5.23. The monoisotopic (exact) mass is 187 g/mol. The number of fused-ring (bicyclic) bond motifs is 3. The van der Waals surface area contributed by atoms with Crippen LogP contribution in [0.3, 0.4) is 0 Å². The number of hydrogen-bond donors (Lipinski definition) is 1. The summed E-state index contributed by atoms with van der Waals surface area (Å²) in [6.07, 6.45) is 7.76. The van der Waals surface area contributed by atoms with E-state index in [1.54, 1.807) is 6.08 Å². The van der Waals surface area contributed by atoms with Crippen molar-refractivity contribution in [3.63, 3.8) is 0 Å². The Morgan fingerprint density at radius 1 is 1.43 bits per heavy atom. The van der Waals surface area contributed by atoms with Crippen molar-refractivity contribution in [1.82, 2.24) is 4.90 Å². The van der Waals surface area contributed by atoms with Crippen molar-refractivity contribution >= 4 is 0 Å². The van der Waals surface area contributed by atoms with Gasteiger partial charge in [0, 0.05) is 12.1 Å². The molecule has 1 atom stereocenters. The third-order valence-electron chi connectivity index (χ3n) is 2.75. The predicted octanol–water partition coefficient (Wildman–Crippen LogP) is 1.26. The van der Waals surface area contributed by atoms with E-state index in [-0.39, 0.29) is 6.04 Å². The molecule has 0 amide bonds. The van der Waals surface area contributed by atoms with Gasteiger partial charge in [-0.1, -0.05) is 18.2 Å². The lowest BCUT2D eigenvalue weighted by atomic mass is 10.1. The Hall–Kier alpha value is -1.77. The van der Waals surface area contributed by atoms with Crippen LogP contribution < -0.4 is 4.57 Å². The zero-order valence-electron chi connectivity index (χ0n) is 7.67. The molecule has 0 radical (unpaired) electrons. The summed E-state index contributed by atoms with van der Waals surface area (Å²) in [6.45, 7) is 0.730. The highest BCUT2D eigenvalue weighted by Gasteiger charge is 2.37. The highest BCUT2D eigenvalue weighted by atomic mass is 16.3. The SMILES string of the molecule is OC1=CC=CC2c3cccc[n+]3CN12. The molecule has 1 aromatic rings. The van der Waals surface area contributed by atoms with E-state index in [1.165, 1.54) is 5.69 Å². The topological polar surface area (TPSA) is 27.4 Å². The maximum atomic E-state index is 9.67. The number of aliphatic hydroxyl groups excluding tert-OH is 1. The molecule has 2 aliphatic rings. The average Bonchev–Trinajstić information content (AvgIpc) is 2.59. The van der Waals surface area contributed by atoms with Crippen LogP contribution >= 0.6 is 0 Å². The largest absolute Gasteiger partial charge is 0.495 e. The van der Waals surface area contributed by atoms with Gasteiger partial charge in [-0.3, -0.25) is 4.90 Å². The van der Waals surface area contributed by atoms with Gasteiger partial charge in [-0.15, -0.1) is 0 Å². The van der Waals surface area contributed by atoms with E-state index in [1.807, 2.05) is 29.3 Å². The molecule has 2 aliphatic heterocycles. The van der Waals surface area contributed by atoms with E-state index >= 15 is 0 Å². The maximum absolute atomic E-state index is 9.67. The van der Waals surface area contributed by atoms with Crippen LogP contribution in [0.1, 0.15) is 11.7 Å². The Balaban J connectivity index is 2.11. The van der Waals surface area contributed by atoms with E-state index in [0.29, 0.717) is 5.88 Å². The molecule has 1 aromatic heterocycles. The average molecular weight is 187 g/mol. The first kappa shape index (κ1) is 7.62. The number of aliphatic hydroxyl groups is 1. The van der Waals surface area contributed by atoms with E-state index < -0.39 is 0 Å². The first-order valence-corrected chi connectivity index (χ1v) is 4.69. The fourth-order valence-corrected chi connectivity index (χ4v) is 2.06. The molecule has 1 N–H and O–H groups in total. The minimum absolute atomic E-state index is 0.196. The summed E-state index contributed by atoms with van der Waals surface area (Å²) in [5, 5.41) is 9.67. The summed E-state index contributed by atoms with van der Waals surface area (Å²) >= 11 is 0. The van der Waals surface area contributed by atoms with Gasteiger partial charge in [-0.05, 0) is 6.08 Å². The molecule has 70 valence electrons. The summed E-state index contributed by atoms with van der Waals surface area (Å²) in [5.74, 6) is 0.348. The second-order valence-electron chi connectivity index (χ2n) is 3.56. The molecule has 0 bridgehead atoms. The van der Waals surface area contributed by atoms with E-state index in [4.69, 9.17) is 0 Å². The van der Waals surface area contributed by atoms with Crippen LogP contribution in [0.4, 0.5) is 0 Å². The lowest BCUT2D eigenvalue weighted by molar-refractivity contribution is -0.702. The molecule has 3 nitrogen and oxygen atoms in total. The molecular weight excluding hydrogens is 176 g/mol. The molecule has 0 saturated heterocycles. The van der Waals surface area contributed by atoms with Gasteiger partial charge >= 0.3 is 0 Å². The molecule has 0 saturated carbocycles. The van der Waals surface area contributed by atoms with Crippen LogP contribution in [0, 0.1) is 0 Å². The Bertz CT molecular complexity index is 437. The second-order valence-corrected chi connectivity index (χ2v) is 3.56. The summed E-state index contributed by atoms with van der Waals surface area (Å²) in [7, 11) is 0. The summed E-state index contributed by atoms with van der Waals surface area (Å²) in [6, 6.07) is 6.32. The van der Waals surface area contributed by atoms with E-state index in [0.717, 1.165) is 6.67 Å². The lowest BCUT2D eigenvalue weighted by Gasteiger charge is -2.20. The number of rotatable bonds is 0. The highest BCUT2D eigenvalue weighted by Crippen LogP contribution is 2.29. The number of pyridine rings is 1. The van der Waals surface area contributed by atoms with Crippen LogP contribution in [0.15, 0.2) is 48.5 Å². The van der Waals surface area contributed by atoms with Crippen LogP contribution in [0.25, 0.3) is 0 Å². The first-order valence-electron chi connectivity index (χ1n) is 4.69. The lowest BCUT2D eigenvalue weighted by Crippen LogP contribution is -2.35. The summed E-state index contributed by atoms with van der Waals surface area (Å²) in [5.41, 5.74) is 1.23. The third kappa shape index (κ3) is 0.894. The Morgan fingerprint density at radius 3 is 3.29 bits per heavy atom. The number of aromatic nitrogens is 1. The van der Waals surface area contributed by atoms with Crippen molar-refractivity contribution in [2.24, 2.45) is 0 Å². The van der Waals surface area contributed by atoms with Gasteiger partial charge in [0.05, 0.1) is 0 Å². The Kier molecular flexibility index (Phi) is 1.42. The molecule has 0 fully saturated rings. The van der Waals surface area contributed by atoms with E-state index in [9.17, 15) is 5.11 Å². The molecular formula is C11H11N2O+. The Morgan fingerprint density at radius 2 is 2.36 bits per heavy atom. The zero-order valence-corrected chi connectivity index (χ0v) is 7.67. The molecule has 3 heteroatoms. The standard InChI is InChI=1S/C11H10N2O/c14-11-6-3-5-10-9-4-1-2-7-12(9)8-13(10)11/h1-7,10H,8H2/p+1. The predicted molar refractivity (Wildman–Crippen MR) is 51.1 cm³/mol. The smallest absolute Gasteiger partial charge is 0.227 e. The molecule has 0 spiro atoms. The minimum atomic E-state index is 0.196. The number of hydrogen-bond acceptors (Lipinski definition) is 2. The van der Waals surface area contributed by atoms with Crippen LogP contribution in [-0.2, 0) is 6.67 Å². The van der Waals surface area contributed by atoms with Crippen molar-refractivity contribution < 1.29 is 9.67 Å². The van der Waals surface area contributed by atoms with Crippen LogP contribution in [0.2, 0.25) is 0 Å². The molecule has 3 heterocycles. The fourth-order valence-electron chi connectivity index (χ4n) is 2.06. The second kappa shape index (κ2) is 2.61. The van der Waals surface area contributed by atoms with Crippen molar-refractivity contribution in [1.29, 1.82) is 0 Å². The van der Waals surface area contributed by atoms with Crippen molar-refractivity contribution in [2.45, 2.75) is 12.7 Å². The fraction of sp³-hybridized carbons (Fsp3) is 0.182. The summed E-state index contributed by atoms with van der Waals surface area (Å²) in [4.78, 5) is 1.97. The van der Waals surface area contributed by atoms with Gasteiger partial charge in [0.1, 0.15) is 6.04 Å². The van der Waals surface area contributed by atoms with Crippen molar-refractivity contribution in [2.75, 3.05) is 0 Å². The van der Waals surface area contributed by atoms with Gasteiger partial charge in [-0.25, -0.2) is 0 Å². The number of nitrogens with zero attached hydrogens (tertiary/aromatic N) is 2. The van der Waals surface area contributed by atoms with Gasteiger partial charge in [0.2, 0.25) is 12.4 Å². The normalized spacial score (nSPS) is 23.0. The van der Waals surface area contributed by atoms with Crippen LogP contribution in [-0.4, -0.2) is 10.0 Å². The minimum Gasteiger partial charge on any atom is -0.495 e. The van der Waals surface area contributed by atoms with Gasteiger partial charge < -0.3 is 5.11 Å². The van der Waals surface area contributed by atoms with Crippen molar-refractivity contribution in [3.05, 3.63) is 54.2 Å². The maximum Gasteiger partial charge on any atom is 0.227 e. The quantitative estimate of drug-likeness (QED) is 0.619. The molecule has 3 rings (SSSR count). The third-order valence-corrected chi connectivity index (χ3v) is 2.75. The number of allylic oxidation sites excluding steroid dienone is 2. The first-order chi connectivity index (χ1) is 6.86. The van der Waals surface area contributed by atoms with Gasteiger partial charge in [0.25, 0.3) is 0 Å². The molecule has 14 heavy (non-hydrogen) atoms. The Labute approximate surface area is 82.2 Å². The zero-order chi connectivity index (χ0) is 9.54.